The number of benzene rings is 2. The lowest BCUT2D eigenvalue weighted by molar-refractivity contribution is -0.115. The summed E-state index contributed by atoms with van der Waals surface area (Å²) in [7, 11) is 7.82. The average molecular weight is 486 g/mol. The van der Waals surface area contributed by atoms with Gasteiger partial charge in [0.25, 0.3) is 5.91 Å². The molecule has 2 aromatic carbocycles. The molecule has 3 unspecified atom stereocenters. The predicted molar refractivity (Wildman–Crippen MR) is 131 cm³/mol. The summed E-state index contributed by atoms with van der Waals surface area (Å²) in [5, 5.41) is 11.6. The summed E-state index contributed by atoms with van der Waals surface area (Å²) in [5.74, 6) is 2.30. The highest BCUT2D eigenvalue weighted by Crippen LogP contribution is 2.52. The standard InChI is InChI=1S/C27H35NO7/c1-31-18-9-10-19(21(16-18)32-2)26(29)28-13-12-27(30)11-7-6-8-20(27)24(28)17-14-22(33-3)25(35-5)23(15-17)34-4/h9-10,14-16,20,24,30H,6-8,11-13H2,1-5H3. The monoisotopic (exact) mass is 485 g/mol. The van der Waals surface area contributed by atoms with Crippen LogP contribution in [0, 0.1) is 5.92 Å². The molecule has 1 saturated heterocycles. The van der Waals surface area contributed by atoms with Crippen LogP contribution in [0.1, 0.15) is 54.1 Å². The molecule has 1 heterocycles. The third-order valence-electron chi connectivity index (χ3n) is 7.50. The Kier molecular flexibility index (Phi) is 7.31. The number of likely N-dealkylation sites (tertiary alicyclic amines) is 1. The minimum Gasteiger partial charge on any atom is -0.497 e. The predicted octanol–water partition coefficient (Wildman–Crippen LogP) is 4.24. The number of carbonyl (C=O) groups is 1. The molecule has 0 bridgehead atoms. The van der Waals surface area contributed by atoms with Gasteiger partial charge in [-0.1, -0.05) is 12.8 Å². The first-order valence-corrected chi connectivity index (χ1v) is 12.0. The maximum atomic E-state index is 14.0. The van der Waals surface area contributed by atoms with Crippen molar-refractivity contribution in [3.05, 3.63) is 41.5 Å². The van der Waals surface area contributed by atoms with E-state index in [1.54, 1.807) is 53.7 Å². The second kappa shape index (κ2) is 10.2. The van der Waals surface area contributed by atoms with Crippen molar-refractivity contribution in [2.24, 2.45) is 5.92 Å². The molecule has 0 spiro atoms. The van der Waals surface area contributed by atoms with Crippen LogP contribution in [0.4, 0.5) is 0 Å². The molecule has 1 aliphatic carbocycles. The van der Waals surface area contributed by atoms with Crippen molar-refractivity contribution in [2.75, 3.05) is 42.1 Å². The van der Waals surface area contributed by atoms with E-state index in [4.69, 9.17) is 23.7 Å². The number of ether oxygens (including phenoxy) is 5. The van der Waals surface area contributed by atoms with Gasteiger partial charge in [0.15, 0.2) is 11.5 Å². The Morgan fingerprint density at radius 2 is 1.57 bits per heavy atom. The summed E-state index contributed by atoms with van der Waals surface area (Å²) >= 11 is 0. The molecule has 2 aromatic rings. The molecular weight excluding hydrogens is 450 g/mol. The number of nitrogens with zero attached hydrogens (tertiary/aromatic N) is 1. The number of fused-ring (bicyclic) bond motifs is 1. The number of carbonyl (C=O) groups excluding carboxylic acids is 1. The van der Waals surface area contributed by atoms with Gasteiger partial charge in [0.1, 0.15) is 11.5 Å². The second-order valence-electron chi connectivity index (χ2n) is 9.17. The highest BCUT2D eigenvalue weighted by atomic mass is 16.5. The van der Waals surface area contributed by atoms with Crippen LogP contribution in [0.5, 0.6) is 28.7 Å². The number of rotatable bonds is 7. The summed E-state index contributed by atoms with van der Waals surface area (Å²) in [6.45, 7) is 0.419. The fraction of sp³-hybridized carbons (Fsp3) is 0.519. The van der Waals surface area contributed by atoms with Crippen LogP contribution >= 0.6 is 0 Å². The molecule has 190 valence electrons. The number of piperidine rings is 1. The molecule has 2 fully saturated rings. The van der Waals surface area contributed by atoms with Crippen molar-refractivity contribution in [1.82, 2.24) is 4.90 Å². The second-order valence-corrected chi connectivity index (χ2v) is 9.17. The SMILES string of the molecule is COc1ccc(C(=O)N2CCC3(O)CCCCC3C2c2cc(OC)c(OC)c(OC)c2)c(OC)c1. The molecule has 4 rings (SSSR count). The summed E-state index contributed by atoms with van der Waals surface area (Å²) in [5.41, 5.74) is 0.460. The molecule has 1 N–H and O–H groups in total. The quantitative estimate of drug-likeness (QED) is 0.628. The first kappa shape index (κ1) is 25.0. The van der Waals surface area contributed by atoms with E-state index in [1.807, 2.05) is 17.0 Å². The zero-order valence-corrected chi connectivity index (χ0v) is 21.1. The van der Waals surface area contributed by atoms with Gasteiger partial charge in [-0.2, -0.15) is 0 Å². The molecule has 2 aliphatic rings. The first-order valence-electron chi connectivity index (χ1n) is 12.0. The Labute approximate surface area is 206 Å². The van der Waals surface area contributed by atoms with Crippen LogP contribution in [-0.2, 0) is 0 Å². The minimum absolute atomic E-state index is 0.124. The molecule has 1 amide bonds. The van der Waals surface area contributed by atoms with E-state index in [0.29, 0.717) is 47.3 Å². The van der Waals surface area contributed by atoms with Gasteiger partial charge in [-0.25, -0.2) is 0 Å². The van der Waals surface area contributed by atoms with Crippen molar-refractivity contribution in [3.8, 4) is 28.7 Å². The molecule has 3 atom stereocenters. The fourth-order valence-corrected chi connectivity index (χ4v) is 5.72. The van der Waals surface area contributed by atoms with Gasteiger partial charge >= 0.3 is 0 Å². The Morgan fingerprint density at radius 3 is 2.17 bits per heavy atom. The first-order chi connectivity index (χ1) is 16.9. The lowest BCUT2D eigenvalue weighted by atomic mass is 9.66. The van der Waals surface area contributed by atoms with E-state index in [-0.39, 0.29) is 17.9 Å². The van der Waals surface area contributed by atoms with Gasteiger partial charge in [0.2, 0.25) is 5.75 Å². The van der Waals surface area contributed by atoms with E-state index < -0.39 is 5.60 Å². The van der Waals surface area contributed by atoms with Crippen LogP contribution in [0.3, 0.4) is 0 Å². The van der Waals surface area contributed by atoms with Crippen LogP contribution in [-0.4, -0.2) is 63.6 Å². The van der Waals surface area contributed by atoms with Crippen molar-refractivity contribution >= 4 is 5.91 Å². The van der Waals surface area contributed by atoms with Gasteiger partial charge in [0, 0.05) is 18.5 Å². The Morgan fingerprint density at radius 1 is 0.886 bits per heavy atom. The van der Waals surface area contributed by atoms with E-state index in [0.717, 1.165) is 31.2 Å². The normalized spacial score (nSPS) is 23.8. The highest BCUT2D eigenvalue weighted by molar-refractivity contribution is 5.97. The summed E-state index contributed by atoms with van der Waals surface area (Å²) in [4.78, 5) is 15.9. The number of hydrogen-bond donors (Lipinski definition) is 1. The van der Waals surface area contributed by atoms with Gasteiger partial charge in [0.05, 0.1) is 52.8 Å². The number of amides is 1. The molecule has 1 saturated carbocycles. The zero-order chi connectivity index (χ0) is 25.2. The molecule has 8 nitrogen and oxygen atoms in total. The van der Waals surface area contributed by atoms with Crippen LogP contribution in [0.25, 0.3) is 0 Å². The van der Waals surface area contributed by atoms with Gasteiger partial charge in [-0.05, 0) is 49.1 Å². The minimum atomic E-state index is -0.829. The van der Waals surface area contributed by atoms with Crippen molar-refractivity contribution in [1.29, 1.82) is 0 Å². The molecule has 1 aliphatic heterocycles. The highest BCUT2D eigenvalue weighted by Gasteiger charge is 2.50. The van der Waals surface area contributed by atoms with Crippen LogP contribution in [0.15, 0.2) is 30.3 Å². The summed E-state index contributed by atoms with van der Waals surface area (Å²) in [6.07, 6.45) is 4.06. The van der Waals surface area contributed by atoms with Crippen LogP contribution in [0.2, 0.25) is 0 Å². The number of aliphatic hydroxyl groups is 1. The topological polar surface area (TPSA) is 86.7 Å². The van der Waals surface area contributed by atoms with Crippen molar-refractivity contribution in [3.63, 3.8) is 0 Å². The third-order valence-corrected chi connectivity index (χ3v) is 7.50. The maximum Gasteiger partial charge on any atom is 0.258 e. The maximum absolute atomic E-state index is 14.0. The third kappa shape index (κ3) is 4.47. The van der Waals surface area contributed by atoms with Crippen molar-refractivity contribution < 1.29 is 33.6 Å². The van der Waals surface area contributed by atoms with Gasteiger partial charge < -0.3 is 33.7 Å². The van der Waals surface area contributed by atoms with Crippen molar-refractivity contribution in [2.45, 2.75) is 43.7 Å². The Bertz CT molecular complexity index is 1050. The summed E-state index contributed by atoms with van der Waals surface area (Å²) < 4.78 is 27.6. The molecule has 8 heteroatoms. The lowest BCUT2D eigenvalue weighted by Gasteiger charge is -2.52. The largest absolute Gasteiger partial charge is 0.497 e. The lowest BCUT2D eigenvalue weighted by Crippen LogP contribution is -2.56. The molecule has 0 aromatic heterocycles. The van der Waals surface area contributed by atoms with Gasteiger partial charge in [-0.3, -0.25) is 4.79 Å². The van der Waals surface area contributed by atoms with Gasteiger partial charge in [-0.15, -0.1) is 0 Å². The van der Waals surface area contributed by atoms with E-state index in [1.165, 1.54) is 0 Å². The average Bonchev–Trinajstić information content (AvgIpc) is 2.90. The summed E-state index contributed by atoms with van der Waals surface area (Å²) in [6, 6.07) is 8.60. The molecule has 35 heavy (non-hydrogen) atoms. The molecular formula is C27H35NO7. The van der Waals surface area contributed by atoms with E-state index in [9.17, 15) is 9.90 Å². The smallest absolute Gasteiger partial charge is 0.258 e. The number of methoxy groups -OCH3 is 5. The fourth-order valence-electron chi connectivity index (χ4n) is 5.72. The number of hydrogen-bond acceptors (Lipinski definition) is 7. The Hall–Kier alpha value is -3.13. The van der Waals surface area contributed by atoms with E-state index >= 15 is 0 Å². The van der Waals surface area contributed by atoms with E-state index in [2.05, 4.69) is 0 Å². The zero-order valence-electron chi connectivity index (χ0n) is 21.1. The Balaban J connectivity index is 1.84. The molecule has 0 radical (unpaired) electrons. The van der Waals surface area contributed by atoms with Crippen LogP contribution < -0.4 is 23.7 Å².